The first-order valence-electron chi connectivity index (χ1n) is 10.2. The SMILES string of the molecule is CCCc1cc2ccccc2c2c1c1ccccc1c1[nH]c3cc(Cl)ccc3c12. The van der Waals surface area contributed by atoms with Gasteiger partial charge in [-0.25, -0.2) is 0 Å². The molecule has 1 N–H and O–H groups in total. The Morgan fingerprint density at radius 3 is 2.31 bits per heavy atom. The van der Waals surface area contributed by atoms with Crippen LogP contribution < -0.4 is 0 Å². The van der Waals surface area contributed by atoms with Crippen LogP contribution in [0.15, 0.2) is 72.8 Å². The molecule has 0 amide bonds. The summed E-state index contributed by atoms with van der Waals surface area (Å²) in [5.41, 5.74) is 3.72. The summed E-state index contributed by atoms with van der Waals surface area (Å²) in [5.74, 6) is 0. The fourth-order valence-electron chi connectivity index (χ4n) is 4.99. The Morgan fingerprint density at radius 1 is 0.724 bits per heavy atom. The van der Waals surface area contributed by atoms with E-state index in [4.69, 9.17) is 11.6 Å². The van der Waals surface area contributed by atoms with Crippen molar-refractivity contribution in [2.75, 3.05) is 0 Å². The lowest BCUT2D eigenvalue weighted by Gasteiger charge is -2.15. The van der Waals surface area contributed by atoms with E-state index in [1.165, 1.54) is 54.2 Å². The Labute approximate surface area is 173 Å². The standard InChI is InChI=1S/C27H20ClN/c1-2-7-17-14-16-8-3-4-9-19(16)25-24(17)20-10-5-6-11-21(20)27-26(25)22-13-12-18(28)15-23(22)29-27/h3-6,8-15,29H,2,7H2,1H3. The molecule has 0 radical (unpaired) electrons. The van der Waals surface area contributed by atoms with Gasteiger partial charge in [-0.3, -0.25) is 0 Å². The van der Waals surface area contributed by atoms with E-state index in [-0.39, 0.29) is 0 Å². The van der Waals surface area contributed by atoms with E-state index in [0.717, 1.165) is 23.4 Å². The van der Waals surface area contributed by atoms with Crippen LogP contribution in [-0.4, -0.2) is 4.98 Å². The predicted octanol–water partition coefficient (Wildman–Crippen LogP) is 8.39. The number of nitrogens with one attached hydrogen (secondary N) is 1. The lowest BCUT2D eigenvalue weighted by molar-refractivity contribution is 0.931. The maximum Gasteiger partial charge on any atom is 0.0551 e. The second kappa shape index (κ2) is 6.23. The molecule has 1 aromatic heterocycles. The van der Waals surface area contributed by atoms with Gasteiger partial charge in [-0.1, -0.05) is 85.6 Å². The summed E-state index contributed by atoms with van der Waals surface area (Å²) in [6.45, 7) is 2.26. The Balaban J connectivity index is 2.03. The van der Waals surface area contributed by atoms with Crippen molar-refractivity contribution in [1.29, 1.82) is 0 Å². The minimum Gasteiger partial charge on any atom is -0.354 e. The average molecular weight is 394 g/mol. The molecule has 140 valence electrons. The highest BCUT2D eigenvalue weighted by atomic mass is 35.5. The zero-order valence-corrected chi connectivity index (χ0v) is 17.0. The van der Waals surface area contributed by atoms with E-state index in [1.54, 1.807) is 0 Å². The molecular formula is C27H20ClN. The van der Waals surface area contributed by atoms with Gasteiger partial charge in [0.2, 0.25) is 0 Å². The Bertz CT molecular complexity index is 1570. The number of aromatic amines is 1. The molecular weight excluding hydrogens is 374 g/mol. The molecule has 0 saturated carbocycles. The zero-order valence-electron chi connectivity index (χ0n) is 16.2. The van der Waals surface area contributed by atoms with E-state index in [0.29, 0.717) is 0 Å². The van der Waals surface area contributed by atoms with Crippen molar-refractivity contribution >= 4 is 65.7 Å². The molecule has 0 bridgehead atoms. The summed E-state index contributed by atoms with van der Waals surface area (Å²) < 4.78 is 0. The molecule has 0 spiro atoms. The Kier molecular flexibility index (Phi) is 3.63. The summed E-state index contributed by atoms with van der Waals surface area (Å²) in [4.78, 5) is 3.69. The second-order valence-corrected chi connectivity index (χ2v) is 8.30. The molecule has 1 nitrogen and oxygen atoms in total. The molecule has 0 saturated heterocycles. The van der Waals surface area contributed by atoms with Crippen molar-refractivity contribution in [1.82, 2.24) is 4.98 Å². The number of hydrogen-bond acceptors (Lipinski definition) is 0. The van der Waals surface area contributed by atoms with E-state index in [9.17, 15) is 0 Å². The molecule has 5 aromatic carbocycles. The van der Waals surface area contributed by atoms with Gasteiger partial charge in [0.15, 0.2) is 0 Å². The minimum atomic E-state index is 0.759. The third kappa shape index (κ3) is 2.34. The number of benzene rings is 5. The number of H-pyrrole nitrogens is 1. The monoisotopic (exact) mass is 393 g/mol. The van der Waals surface area contributed by atoms with Crippen LogP contribution in [0.1, 0.15) is 18.9 Å². The predicted molar refractivity (Wildman–Crippen MR) is 127 cm³/mol. The van der Waals surface area contributed by atoms with Crippen LogP contribution in [0.5, 0.6) is 0 Å². The first-order chi connectivity index (χ1) is 14.3. The van der Waals surface area contributed by atoms with E-state index >= 15 is 0 Å². The van der Waals surface area contributed by atoms with Gasteiger partial charge in [0.1, 0.15) is 0 Å². The normalized spacial score (nSPS) is 12.1. The van der Waals surface area contributed by atoms with Gasteiger partial charge in [0.05, 0.1) is 5.52 Å². The van der Waals surface area contributed by atoms with Crippen LogP contribution in [-0.2, 0) is 6.42 Å². The van der Waals surface area contributed by atoms with Crippen molar-refractivity contribution < 1.29 is 0 Å². The number of hydrogen-bond donors (Lipinski definition) is 1. The van der Waals surface area contributed by atoms with Crippen molar-refractivity contribution in [3.63, 3.8) is 0 Å². The molecule has 2 heteroatoms. The van der Waals surface area contributed by atoms with Crippen LogP contribution in [0.4, 0.5) is 0 Å². The van der Waals surface area contributed by atoms with Crippen LogP contribution in [0.25, 0.3) is 54.1 Å². The topological polar surface area (TPSA) is 15.8 Å². The number of aryl methyl sites for hydroxylation is 1. The molecule has 0 aliphatic carbocycles. The number of aromatic nitrogens is 1. The summed E-state index contributed by atoms with van der Waals surface area (Å²) >= 11 is 6.32. The highest BCUT2D eigenvalue weighted by Crippen LogP contribution is 2.44. The Hall–Kier alpha value is -3.03. The van der Waals surface area contributed by atoms with Crippen LogP contribution in [0.2, 0.25) is 5.02 Å². The van der Waals surface area contributed by atoms with Crippen molar-refractivity contribution in [3.05, 3.63) is 83.4 Å². The van der Waals surface area contributed by atoms with E-state index in [2.05, 4.69) is 72.6 Å². The largest absolute Gasteiger partial charge is 0.354 e. The van der Waals surface area contributed by atoms with Gasteiger partial charge >= 0.3 is 0 Å². The minimum absolute atomic E-state index is 0.759. The number of rotatable bonds is 2. The van der Waals surface area contributed by atoms with Crippen LogP contribution in [0.3, 0.4) is 0 Å². The quantitative estimate of drug-likeness (QED) is 0.284. The zero-order chi connectivity index (χ0) is 19.5. The Morgan fingerprint density at radius 2 is 1.48 bits per heavy atom. The number of halogens is 1. The molecule has 0 aliphatic rings. The highest BCUT2D eigenvalue weighted by Gasteiger charge is 2.18. The van der Waals surface area contributed by atoms with Crippen LogP contribution in [0, 0.1) is 0 Å². The highest BCUT2D eigenvalue weighted by molar-refractivity contribution is 6.37. The summed E-state index contributed by atoms with van der Waals surface area (Å²) in [7, 11) is 0. The lowest BCUT2D eigenvalue weighted by Crippen LogP contribution is -1.91. The van der Waals surface area contributed by atoms with Gasteiger partial charge in [-0.15, -0.1) is 0 Å². The first kappa shape index (κ1) is 16.9. The van der Waals surface area contributed by atoms with Gasteiger partial charge < -0.3 is 4.98 Å². The molecule has 0 atom stereocenters. The third-order valence-corrected chi connectivity index (χ3v) is 6.36. The van der Waals surface area contributed by atoms with Crippen LogP contribution >= 0.6 is 11.6 Å². The number of fused-ring (bicyclic) bond motifs is 10. The molecule has 0 unspecified atom stereocenters. The van der Waals surface area contributed by atoms with Gasteiger partial charge in [-0.05, 0) is 45.7 Å². The first-order valence-corrected chi connectivity index (χ1v) is 10.6. The fourth-order valence-corrected chi connectivity index (χ4v) is 5.16. The van der Waals surface area contributed by atoms with Crippen molar-refractivity contribution in [2.45, 2.75) is 19.8 Å². The van der Waals surface area contributed by atoms with Gasteiger partial charge in [-0.2, -0.15) is 0 Å². The van der Waals surface area contributed by atoms with Gasteiger partial charge in [0.25, 0.3) is 0 Å². The van der Waals surface area contributed by atoms with Crippen molar-refractivity contribution in [2.24, 2.45) is 0 Å². The van der Waals surface area contributed by atoms with Crippen molar-refractivity contribution in [3.8, 4) is 0 Å². The third-order valence-electron chi connectivity index (χ3n) is 6.13. The second-order valence-electron chi connectivity index (χ2n) is 7.87. The molecule has 6 aromatic rings. The maximum atomic E-state index is 6.32. The van der Waals surface area contributed by atoms with E-state index in [1.807, 2.05) is 12.1 Å². The van der Waals surface area contributed by atoms with Gasteiger partial charge in [0, 0.05) is 32.1 Å². The smallest absolute Gasteiger partial charge is 0.0551 e. The molecule has 0 aliphatic heterocycles. The summed E-state index contributed by atoms with van der Waals surface area (Å²) in [6, 6.07) is 26.2. The molecule has 6 rings (SSSR count). The molecule has 29 heavy (non-hydrogen) atoms. The summed E-state index contributed by atoms with van der Waals surface area (Å²) in [6.07, 6.45) is 2.20. The lowest BCUT2D eigenvalue weighted by atomic mass is 9.88. The molecule has 1 heterocycles. The average Bonchev–Trinajstić information content (AvgIpc) is 3.12. The molecule has 0 fully saturated rings. The summed E-state index contributed by atoms with van der Waals surface area (Å²) in [5, 5.41) is 11.3. The fraction of sp³-hybridized carbons (Fsp3) is 0.111. The van der Waals surface area contributed by atoms with E-state index < -0.39 is 0 Å². The maximum absolute atomic E-state index is 6.32.